The molecular weight excluding hydrogens is 338 g/mol. The first-order valence-electron chi connectivity index (χ1n) is 9.64. The van der Waals surface area contributed by atoms with Crippen LogP contribution >= 0.6 is 0 Å². The lowest BCUT2D eigenvalue weighted by atomic mass is 10.0. The van der Waals surface area contributed by atoms with Gasteiger partial charge in [-0.2, -0.15) is 0 Å². The van der Waals surface area contributed by atoms with Gasteiger partial charge >= 0.3 is 0 Å². The van der Waals surface area contributed by atoms with E-state index in [2.05, 4.69) is 77.7 Å². The zero-order valence-electron chi connectivity index (χ0n) is 17.5. The van der Waals surface area contributed by atoms with Crippen LogP contribution in [0.3, 0.4) is 0 Å². The topological polar surface area (TPSA) is 65.7 Å². The average Bonchev–Trinajstić information content (AvgIpc) is 2.97. The van der Waals surface area contributed by atoms with Crippen molar-refractivity contribution >= 4 is 5.96 Å². The van der Waals surface area contributed by atoms with Gasteiger partial charge in [-0.15, -0.1) is 0 Å². The number of rotatable bonds is 8. The molecule has 6 nitrogen and oxygen atoms in total. The molecule has 0 aliphatic heterocycles. The van der Waals surface area contributed by atoms with Crippen molar-refractivity contribution in [2.45, 2.75) is 46.7 Å². The Morgan fingerprint density at radius 3 is 2.37 bits per heavy atom. The summed E-state index contributed by atoms with van der Waals surface area (Å²) in [5.41, 5.74) is 3.57. The van der Waals surface area contributed by atoms with Crippen LogP contribution in [0, 0.1) is 13.8 Å². The summed E-state index contributed by atoms with van der Waals surface area (Å²) in [6, 6.07) is 9.10. The maximum atomic E-state index is 5.62. The minimum Gasteiger partial charge on any atom is -0.444 e. The van der Waals surface area contributed by atoms with Crippen LogP contribution in [0.2, 0.25) is 0 Å². The van der Waals surface area contributed by atoms with Gasteiger partial charge in [0.05, 0.1) is 11.7 Å². The quantitative estimate of drug-likeness (QED) is 0.551. The van der Waals surface area contributed by atoms with Crippen LogP contribution in [0.25, 0.3) is 0 Å². The summed E-state index contributed by atoms with van der Waals surface area (Å²) >= 11 is 0. The first-order chi connectivity index (χ1) is 12.9. The predicted octanol–water partition coefficient (Wildman–Crippen LogP) is 3.21. The van der Waals surface area contributed by atoms with E-state index in [1.54, 1.807) is 0 Å². The number of nitrogens with one attached hydrogen (secondary N) is 2. The fraction of sp³-hybridized carbons (Fsp3) is 0.524. The second-order valence-electron chi connectivity index (χ2n) is 6.90. The fourth-order valence-electron chi connectivity index (χ4n) is 2.86. The van der Waals surface area contributed by atoms with Crippen molar-refractivity contribution in [3.63, 3.8) is 0 Å². The third-order valence-electron chi connectivity index (χ3n) is 4.65. The van der Waals surface area contributed by atoms with E-state index in [1.807, 2.05) is 13.8 Å². The summed E-state index contributed by atoms with van der Waals surface area (Å²) in [6.45, 7) is 10.1. The minimum absolute atomic E-state index is 0.256. The molecular formula is C21H33N5O. The molecule has 0 spiro atoms. The Balaban J connectivity index is 2.05. The molecule has 1 heterocycles. The van der Waals surface area contributed by atoms with E-state index in [4.69, 9.17) is 4.42 Å². The highest BCUT2D eigenvalue weighted by Gasteiger charge is 2.15. The van der Waals surface area contributed by atoms with Gasteiger partial charge in [-0.05, 0) is 52.4 Å². The smallest absolute Gasteiger partial charge is 0.216 e. The van der Waals surface area contributed by atoms with E-state index >= 15 is 0 Å². The van der Waals surface area contributed by atoms with Gasteiger partial charge in [-0.1, -0.05) is 31.2 Å². The first-order valence-corrected chi connectivity index (χ1v) is 9.64. The molecule has 148 valence electrons. The molecule has 0 fully saturated rings. The van der Waals surface area contributed by atoms with Crippen LogP contribution in [0.1, 0.15) is 48.4 Å². The number of aromatic nitrogens is 1. The van der Waals surface area contributed by atoms with Crippen LogP contribution in [0.15, 0.2) is 33.7 Å². The van der Waals surface area contributed by atoms with E-state index in [1.165, 1.54) is 11.1 Å². The number of guanidine groups is 1. The highest BCUT2D eigenvalue weighted by Crippen LogP contribution is 2.18. The molecule has 1 atom stereocenters. The lowest BCUT2D eigenvalue weighted by molar-refractivity contribution is 0.298. The standard InChI is InChI=1S/C21H33N5O/c1-7-17-9-11-18(12-10-17)19(26(5)6)13-23-21(22-8-2)24-14-20-25-15(3)16(4)27-20/h9-12,19H,7-8,13-14H2,1-6H3,(H2,22,23,24). The van der Waals surface area contributed by atoms with Crippen molar-refractivity contribution in [2.75, 3.05) is 27.2 Å². The maximum absolute atomic E-state index is 5.62. The van der Waals surface area contributed by atoms with Gasteiger partial charge in [0, 0.05) is 13.1 Å². The molecule has 1 aromatic heterocycles. The highest BCUT2D eigenvalue weighted by molar-refractivity contribution is 5.79. The Hall–Kier alpha value is -2.34. The Morgan fingerprint density at radius 1 is 1.15 bits per heavy atom. The Bertz CT molecular complexity index is 714. The van der Waals surface area contributed by atoms with Crippen LogP contribution < -0.4 is 10.6 Å². The van der Waals surface area contributed by atoms with Gasteiger partial charge in [0.2, 0.25) is 5.89 Å². The molecule has 2 aromatic rings. The number of benzene rings is 1. The van der Waals surface area contributed by atoms with Crippen LogP contribution in [0.4, 0.5) is 0 Å². The van der Waals surface area contributed by atoms with Gasteiger partial charge in [-0.25, -0.2) is 9.98 Å². The lowest BCUT2D eigenvalue weighted by Crippen LogP contribution is -2.41. The van der Waals surface area contributed by atoms with Crippen molar-refractivity contribution in [3.8, 4) is 0 Å². The molecule has 2 N–H and O–H groups in total. The summed E-state index contributed by atoms with van der Waals surface area (Å²) < 4.78 is 5.62. The fourth-order valence-corrected chi connectivity index (χ4v) is 2.86. The Labute approximate surface area is 163 Å². The Kier molecular flexibility index (Phi) is 7.85. The number of aryl methyl sites for hydroxylation is 3. The molecule has 0 saturated heterocycles. The SMILES string of the molecule is CCNC(=NCc1nc(C)c(C)o1)NCC(c1ccc(CC)cc1)N(C)C. The summed E-state index contributed by atoms with van der Waals surface area (Å²) in [5.74, 6) is 2.26. The normalized spacial score (nSPS) is 13.1. The number of aliphatic imine (C=N–C) groups is 1. The molecule has 2 rings (SSSR count). The number of hydrogen-bond donors (Lipinski definition) is 2. The van der Waals surface area contributed by atoms with E-state index in [9.17, 15) is 0 Å². The van der Waals surface area contributed by atoms with Crippen LogP contribution in [0.5, 0.6) is 0 Å². The van der Waals surface area contributed by atoms with Gasteiger partial charge in [0.15, 0.2) is 5.96 Å². The van der Waals surface area contributed by atoms with Crippen molar-refractivity contribution in [1.82, 2.24) is 20.5 Å². The van der Waals surface area contributed by atoms with Crippen molar-refractivity contribution < 1.29 is 4.42 Å². The summed E-state index contributed by atoms with van der Waals surface area (Å²) in [7, 11) is 4.20. The van der Waals surface area contributed by atoms with Crippen molar-refractivity contribution in [3.05, 3.63) is 52.7 Å². The van der Waals surface area contributed by atoms with Crippen LogP contribution in [-0.4, -0.2) is 43.0 Å². The molecule has 0 amide bonds. The third-order valence-corrected chi connectivity index (χ3v) is 4.65. The van der Waals surface area contributed by atoms with Gasteiger partial charge in [0.1, 0.15) is 12.3 Å². The summed E-state index contributed by atoms with van der Waals surface area (Å²) in [4.78, 5) is 11.2. The predicted molar refractivity (Wildman–Crippen MR) is 111 cm³/mol. The van der Waals surface area contributed by atoms with E-state index in [0.717, 1.165) is 36.9 Å². The number of likely N-dealkylation sites (N-methyl/N-ethyl adjacent to an activating group) is 1. The number of hydrogen-bond acceptors (Lipinski definition) is 4. The van der Waals surface area contributed by atoms with Crippen molar-refractivity contribution in [1.29, 1.82) is 0 Å². The second kappa shape index (κ2) is 10.1. The van der Waals surface area contributed by atoms with Gasteiger partial charge < -0.3 is 20.0 Å². The molecule has 0 bridgehead atoms. The van der Waals surface area contributed by atoms with Crippen molar-refractivity contribution in [2.24, 2.45) is 4.99 Å². The van der Waals surface area contributed by atoms with Gasteiger partial charge in [0.25, 0.3) is 0 Å². The van der Waals surface area contributed by atoms with E-state index in [-0.39, 0.29) is 6.04 Å². The third kappa shape index (κ3) is 6.10. The Morgan fingerprint density at radius 2 is 1.85 bits per heavy atom. The monoisotopic (exact) mass is 371 g/mol. The van der Waals surface area contributed by atoms with E-state index in [0.29, 0.717) is 12.4 Å². The zero-order chi connectivity index (χ0) is 19.8. The summed E-state index contributed by atoms with van der Waals surface area (Å²) in [6.07, 6.45) is 1.06. The zero-order valence-corrected chi connectivity index (χ0v) is 17.5. The first kappa shape index (κ1) is 21.0. The largest absolute Gasteiger partial charge is 0.444 e. The number of oxazole rings is 1. The molecule has 0 aliphatic carbocycles. The lowest BCUT2D eigenvalue weighted by Gasteiger charge is -2.26. The van der Waals surface area contributed by atoms with E-state index < -0.39 is 0 Å². The molecule has 1 aromatic carbocycles. The number of nitrogens with zero attached hydrogens (tertiary/aromatic N) is 3. The van der Waals surface area contributed by atoms with Crippen LogP contribution in [-0.2, 0) is 13.0 Å². The maximum Gasteiger partial charge on any atom is 0.216 e. The minimum atomic E-state index is 0.256. The summed E-state index contributed by atoms with van der Waals surface area (Å²) in [5, 5.41) is 6.74. The molecule has 0 radical (unpaired) electrons. The molecule has 0 aliphatic rings. The van der Waals surface area contributed by atoms with Gasteiger partial charge in [-0.3, -0.25) is 0 Å². The molecule has 1 unspecified atom stereocenters. The molecule has 27 heavy (non-hydrogen) atoms. The molecule has 6 heteroatoms. The molecule has 0 saturated carbocycles. The highest BCUT2D eigenvalue weighted by atomic mass is 16.4. The average molecular weight is 372 g/mol. The second-order valence-corrected chi connectivity index (χ2v) is 6.90.